The van der Waals surface area contributed by atoms with E-state index in [0.717, 1.165) is 35.4 Å². The van der Waals surface area contributed by atoms with Gasteiger partial charge in [0.1, 0.15) is 17.0 Å². The van der Waals surface area contributed by atoms with Gasteiger partial charge in [-0.2, -0.15) is 0 Å². The van der Waals surface area contributed by atoms with E-state index in [-0.39, 0.29) is 18.0 Å². The largest absolute Gasteiger partial charge is 0.381 e. The topological polar surface area (TPSA) is 75.4 Å². The second kappa shape index (κ2) is 7.04. The van der Waals surface area contributed by atoms with E-state index < -0.39 is 0 Å². The van der Waals surface area contributed by atoms with Crippen molar-refractivity contribution >= 4 is 28.3 Å². The molecule has 28 heavy (non-hydrogen) atoms. The van der Waals surface area contributed by atoms with Crippen molar-refractivity contribution < 1.29 is 4.79 Å². The number of aromatic nitrogens is 4. The molecule has 3 aromatic rings. The van der Waals surface area contributed by atoms with E-state index in [0.29, 0.717) is 23.7 Å². The number of carbonyl (C=O) groups is 1. The minimum Gasteiger partial charge on any atom is -0.381 e. The summed E-state index contributed by atoms with van der Waals surface area (Å²) in [5.74, 6) is 0.797. The van der Waals surface area contributed by atoms with Gasteiger partial charge >= 0.3 is 0 Å². The summed E-state index contributed by atoms with van der Waals surface area (Å²) in [6.07, 6.45) is 4.73. The van der Waals surface area contributed by atoms with Crippen LogP contribution in [0.15, 0.2) is 18.3 Å². The zero-order valence-corrected chi connectivity index (χ0v) is 17.2. The quantitative estimate of drug-likeness (QED) is 0.706. The standard InChI is InChI=1S/C21H28N6O/c1-6-16-24-25-20-17(21(28)26(12(2)3)13(4)5)18(23-14-9-10-14)15-8-7-11-22-19(15)27(16)20/h7-8,11-14,23H,6,9-10H2,1-5H3. The third-order valence-electron chi connectivity index (χ3n) is 5.27. The lowest BCUT2D eigenvalue weighted by Gasteiger charge is -2.31. The Hall–Kier alpha value is -2.70. The summed E-state index contributed by atoms with van der Waals surface area (Å²) in [5, 5.41) is 13.3. The maximum absolute atomic E-state index is 13.8. The lowest BCUT2D eigenvalue weighted by Crippen LogP contribution is -2.42. The first-order valence-electron chi connectivity index (χ1n) is 10.2. The number of fused-ring (bicyclic) bond motifs is 3. The Kier molecular flexibility index (Phi) is 4.69. The number of aryl methyl sites for hydroxylation is 1. The number of hydrogen-bond donors (Lipinski definition) is 1. The zero-order chi connectivity index (χ0) is 20.0. The number of pyridine rings is 2. The van der Waals surface area contributed by atoms with Gasteiger partial charge in [-0.05, 0) is 52.7 Å². The van der Waals surface area contributed by atoms with Crippen LogP contribution in [0.1, 0.15) is 63.6 Å². The predicted octanol–water partition coefficient (Wildman–Crippen LogP) is 3.67. The number of amides is 1. The third-order valence-corrected chi connectivity index (χ3v) is 5.27. The maximum atomic E-state index is 13.8. The molecule has 1 N–H and O–H groups in total. The molecule has 1 aliphatic carbocycles. The SMILES string of the molecule is CCc1nnc2c(C(=O)N(C(C)C)C(C)C)c(NC3CC3)c3cccnc3n12. The van der Waals surface area contributed by atoms with Crippen molar-refractivity contribution in [3.8, 4) is 0 Å². The number of nitrogens with one attached hydrogen (secondary N) is 1. The van der Waals surface area contributed by atoms with Crippen molar-refractivity contribution in [2.75, 3.05) is 5.32 Å². The molecule has 1 amide bonds. The fourth-order valence-electron chi connectivity index (χ4n) is 3.93. The molecule has 7 nitrogen and oxygen atoms in total. The van der Waals surface area contributed by atoms with Crippen molar-refractivity contribution in [1.82, 2.24) is 24.5 Å². The summed E-state index contributed by atoms with van der Waals surface area (Å²) in [6, 6.07) is 4.51. The van der Waals surface area contributed by atoms with Gasteiger partial charge in [0.25, 0.3) is 5.91 Å². The van der Waals surface area contributed by atoms with E-state index in [1.807, 2.05) is 56.1 Å². The highest BCUT2D eigenvalue weighted by atomic mass is 16.2. The van der Waals surface area contributed by atoms with Gasteiger partial charge in [0, 0.05) is 36.1 Å². The van der Waals surface area contributed by atoms with Crippen LogP contribution in [0.25, 0.3) is 16.7 Å². The first-order valence-corrected chi connectivity index (χ1v) is 10.2. The fourth-order valence-corrected chi connectivity index (χ4v) is 3.93. The highest BCUT2D eigenvalue weighted by Crippen LogP contribution is 2.36. The van der Waals surface area contributed by atoms with Crippen molar-refractivity contribution in [1.29, 1.82) is 0 Å². The molecule has 1 aliphatic rings. The number of nitrogens with zero attached hydrogens (tertiary/aromatic N) is 5. The monoisotopic (exact) mass is 380 g/mol. The molecule has 0 bridgehead atoms. The third kappa shape index (κ3) is 2.99. The number of hydrogen-bond acceptors (Lipinski definition) is 5. The average molecular weight is 380 g/mol. The van der Waals surface area contributed by atoms with E-state index in [1.54, 1.807) is 6.20 Å². The van der Waals surface area contributed by atoms with E-state index in [4.69, 9.17) is 0 Å². The van der Waals surface area contributed by atoms with E-state index >= 15 is 0 Å². The fraction of sp³-hybridized carbons (Fsp3) is 0.524. The summed E-state index contributed by atoms with van der Waals surface area (Å²) < 4.78 is 1.94. The van der Waals surface area contributed by atoms with E-state index in [9.17, 15) is 4.79 Å². The van der Waals surface area contributed by atoms with Gasteiger partial charge in [-0.3, -0.25) is 9.20 Å². The Morgan fingerprint density at radius 1 is 1.21 bits per heavy atom. The predicted molar refractivity (Wildman–Crippen MR) is 111 cm³/mol. The molecule has 0 aromatic carbocycles. The summed E-state index contributed by atoms with van der Waals surface area (Å²) >= 11 is 0. The first-order chi connectivity index (χ1) is 13.4. The minimum atomic E-state index is -0.0149. The van der Waals surface area contributed by atoms with E-state index in [1.165, 1.54) is 0 Å². The average Bonchev–Trinajstić information content (AvgIpc) is 3.37. The molecule has 0 radical (unpaired) electrons. The van der Waals surface area contributed by atoms with Gasteiger partial charge in [-0.15, -0.1) is 10.2 Å². The van der Waals surface area contributed by atoms with Crippen molar-refractivity contribution in [2.45, 2.75) is 72.0 Å². The molecule has 3 aromatic heterocycles. The van der Waals surface area contributed by atoms with Gasteiger partial charge < -0.3 is 10.2 Å². The summed E-state index contributed by atoms with van der Waals surface area (Å²) in [7, 11) is 0. The Morgan fingerprint density at radius 3 is 2.54 bits per heavy atom. The Bertz CT molecular complexity index is 1030. The molecule has 0 atom stereocenters. The van der Waals surface area contributed by atoms with Crippen molar-refractivity contribution in [3.05, 3.63) is 29.7 Å². The van der Waals surface area contributed by atoms with Crippen LogP contribution in [-0.2, 0) is 6.42 Å². The normalized spacial score (nSPS) is 14.4. The van der Waals surface area contributed by atoms with Crippen molar-refractivity contribution in [3.63, 3.8) is 0 Å². The van der Waals surface area contributed by atoms with Crippen LogP contribution < -0.4 is 5.32 Å². The second-order valence-corrected chi connectivity index (χ2v) is 8.07. The molecule has 148 valence electrons. The minimum absolute atomic E-state index is 0.0149. The summed E-state index contributed by atoms with van der Waals surface area (Å²) in [4.78, 5) is 20.3. The smallest absolute Gasteiger partial charge is 0.260 e. The molecule has 0 spiro atoms. The highest BCUT2D eigenvalue weighted by molar-refractivity contribution is 6.12. The molecule has 0 aliphatic heterocycles. The summed E-state index contributed by atoms with van der Waals surface area (Å²) in [5.41, 5.74) is 2.81. The highest BCUT2D eigenvalue weighted by Gasteiger charge is 2.32. The molecule has 4 rings (SSSR count). The van der Waals surface area contributed by atoms with Crippen LogP contribution in [0.2, 0.25) is 0 Å². The lowest BCUT2D eigenvalue weighted by atomic mass is 10.1. The van der Waals surface area contributed by atoms with Crippen LogP contribution in [0, 0.1) is 0 Å². The molecule has 0 saturated heterocycles. The Morgan fingerprint density at radius 2 is 1.93 bits per heavy atom. The van der Waals surface area contributed by atoms with E-state index in [2.05, 4.69) is 20.5 Å². The van der Waals surface area contributed by atoms with Gasteiger partial charge in [0.15, 0.2) is 5.65 Å². The first kappa shape index (κ1) is 18.7. The molecular formula is C21H28N6O. The molecule has 1 saturated carbocycles. The van der Waals surface area contributed by atoms with Gasteiger partial charge in [0.05, 0.1) is 5.69 Å². The molecule has 7 heteroatoms. The summed E-state index contributed by atoms with van der Waals surface area (Å²) in [6.45, 7) is 10.2. The molecule has 0 unspecified atom stereocenters. The van der Waals surface area contributed by atoms with Crippen LogP contribution in [0.5, 0.6) is 0 Å². The Balaban J connectivity index is 2.06. The Labute approximate surface area is 165 Å². The van der Waals surface area contributed by atoms with Crippen LogP contribution in [-0.4, -0.2) is 48.5 Å². The number of rotatable bonds is 6. The number of anilines is 1. The maximum Gasteiger partial charge on any atom is 0.260 e. The van der Waals surface area contributed by atoms with Gasteiger partial charge in [-0.25, -0.2) is 4.98 Å². The van der Waals surface area contributed by atoms with Crippen LogP contribution in [0.3, 0.4) is 0 Å². The molecule has 1 fully saturated rings. The van der Waals surface area contributed by atoms with Crippen LogP contribution >= 0.6 is 0 Å². The molecule has 3 heterocycles. The van der Waals surface area contributed by atoms with Gasteiger partial charge in [0.2, 0.25) is 0 Å². The molecular weight excluding hydrogens is 352 g/mol. The van der Waals surface area contributed by atoms with Crippen molar-refractivity contribution in [2.24, 2.45) is 0 Å². The van der Waals surface area contributed by atoms with Crippen LogP contribution in [0.4, 0.5) is 5.69 Å². The lowest BCUT2D eigenvalue weighted by molar-refractivity contribution is 0.0646. The zero-order valence-electron chi connectivity index (χ0n) is 17.2. The van der Waals surface area contributed by atoms with Gasteiger partial charge in [-0.1, -0.05) is 6.92 Å². The number of carbonyl (C=O) groups excluding carboxylic acids is 1. The second-order valence-electron chi connectivity index (χ2n) is 8.07.